The Hall–Kier alpha value is -1.90. The maximum atomic E-state index is 13.1. The summed E-state index contributed by atoms with van der Waals surface area (Å²) in [5.41, 5.74) is 2.04. The summed E-state index contributed by atoms with van der Waals surface area (Å²) in [6.07, 6.45) is 3.45. The van der Waals surface area contributed by atoms with E-state index in [0.717, 1.165) is 40.6 Å². The molecule has 1 atom stereocenters. The number of nitrogens with zero attached hydrogens (tertiary/aromatic N) is 1. The lowest BCUT2D eigenvalue weighted by Gasteiger charge is -2.28. The molecule has 0 spiro atoms. The number of piperidine rings is 1. The Kier molecular flexibility index (Phi) is 6.18. The minimum absolute atomic E-state index is 0.176. The molecule has 2 aliphatic rings. The highest BCUT2D eigenvalue weighted by Crippen LogP contribution is 2.34. The zero-order valence-corrected chi connectivity index (χ0v) is 19.3. The Bertz CT molecular complexity index is 1060. The molecule has 1 N–H and O–H groups in total. The van der Waals surface area contributed by atoms with Gasteiger partial charge >= 0.3 is 0 Å². The third-order valence-corrected chi connectivity index (χ3v) is 8.11. The zero-order valence-electron chi connectivity index (χ0n) is 16.9. The van der Waals surface area contributed by atoms with Gasteiger partial charge in [0.25, 0.3) is 5.91 Å². The maximum absolute atomic E-state index is 13.1. The molecule has 4 rings (SSSR count). The van der Waals surface area contributed by atoms with Gasteiger partial charge in [-0.3, -0.25) is 4.79 Å². The summed E-state index contributed by atoms with van der Waals surface area (Å²) >= 11 is 3.47. The molecule has 2 heterocycles. The van der Waals surface area contributed by atoms with Gasteiger partial charge in [0.1, 0.15) is 5.75 Å². The number of carbonyl (C=O) groups is 1. The number of amides is 1. The van der Waals surface area contributed by atoms with Crippen molar-refractivity contribution in [2.45, 2.75) is 43.5 Å². The molecule has 1 amide bonds. The summed E-state index contributed by atoms with van der Waals surface area (Å²) in [6.45, 7) is 3.40. The fourth-order valence-electron chi connectivity index (χ4n) is 4.01. The fourth-order valence-corrected chi connectivity index (χ4v) is 5.93. The van der Waals surface area contributed by atoms with Crippen molar-refractivity contribution < 1.29 is 17.9 Å². The van der Waals surface area contributed by atoms with E-state index >= 15 is 0 Å². The lowest BCUT2D eigenvalue weighted by molar-refractivity contribution is 0.0924. The molecule has 8 heteroatoms. The fraction of sp³-hybridized carbons (Fsp3) is 0.409. The molecule has 6 nitrogen and oxygen atoms in total. The van der Waals surface area contributed by atoms with Crippen LogP contribution in [-0.2, 0) is 10.0 Å². The first-order valence-electron chi connectivity index (χ1n) is 10.2. The summed E-state index contributed by atoms with van der Waals surface area (Å²) in [5, 5.41) is 3.07. The standard InChI is InChI=1S/C22H25BrN2O4S/c1-15-5-7-17(30(27,28)25-10-3-2-4-11-25)14-18(15)22(26)24-20-9-12-29-21-8-6-16(23)13-19(20)21/h5-8,13-14,20H,2-4,9-12H2,1H3,(H,24,26). The van der Waals surface area contributed by atoms with Gasteiger partial charge in [-0.05, 0) is 55.7 Å². The van der Waals surface area contributed by atoms with Crippen molar-refractivity contribution in [1.82, 2.24) is 9.62 Å². The van der Waals surface area contributed by atoms with Gasteiger partial charge in [-0.15, -0.1) is 0 Å². The Balaban J connectivity index is 1.60. The summed E-state index contributed by atoms with van der Waals surface area (Å²) in [6, 6.07) is 10.4. The lowest BCUT2D eigenvalue weighted by Crippen LogP contribution is -2.36. The van der Waals surface area contributed by atoms with E-state index in [2.05, 4.69) is 21.2 Å². The van der Waals surface area contributed by atoms with Crippen molar-refractivity contribution in [3.8, 4) is 5.75 Å². The van der Waals surface area contributed by atoms with Crippen molar-refractivity contribution >= 4 is 31.9 Å². The Morgan fingerprint density at radius 3 is 2.67 bits per heavy atom. The first-order chi connectivity index (χ1) is 14.4. The molecule has 160 valence electrons. The van der Waals surface area contributed by atoms with Gasteiger partial charge in [0.15, 0.2) is 0 Å². The van der Waals surface area contributed by atoms with Gasteiger partial charge in [0.05, 0.1) is 17.5 Å². The van der Waals surface area contributed by atoms with Crippen LogP contribution in [0.2, 0.25) is 0 Å². The monoisotopic (exact) mass is 492 g/mol. The van der Waals surface area contributed by atoms with E-state index in [1.807, 2.05) is 25.1 Å². The first kappa shape index (κ1) is 21.3. The van der Waals surface area contributed by atoms with Gasteiger partial charge in [0, 0.05) is 35.1 Å². The number of ether oxygens (including phenoxy) is 1. The third-order valence-electron chi connectivity index (χ3n) is 5.72. The quantitative estimate of drug-likeness (QED) is 0.694. The highest BCUT2D eigenvalue weighted by molar-refractivity contribution is 9.10. The molecule has 0 saturated carbocycles. The van der Waals surface area contributed by atoms with E-state index < -0.39 is 10.0 Å². The Morgan fingerprint density at radius 1 is 1.13 bits per heavy atom. The summed E-state index contributed by atoms with van der Waals surface area (Å²) in [7, 11) is -3.60. The highest BCUT2D eigenvalue weighted by Gasteiger charge is 2.28. The molecule has 0 aliphatic carbocycles. The SMILES string of the molecule is Cc1ccc(S(=O)(=O)N2CCCCC2)cc1C(=O)NC1CCOc2ccc(Br)cc21. The molecule has 0 aromatic heterocycles. The van der Waals surface area contributed by atoms with Gasteiger partial charge < -0.3 is 10.1 Å². The van der Waals surface area contributed by atoms with Crippen LogP contribution in [0.15, 0.2) is 45.8 Å². The molecule has 2 aromatic carbocycles. The second-order valence-electron chi connectivity index (χ2n) is 7.79. The second kappa shape index (κ2) is 8.69. The van der Waals surface area contributed by atoms with Crippen LogP contribution in [0.3, 0.4) is 0 Å². The molecule has 0 radical (unpaired) electrons. The number of nitrogens with one attached hydrogen (secondary N) is 1. The van der Waals surface area contributed by atoms with Crippen LogP contribution in [0.1, 0.15) is 53.2 Å². The van der Waals surface area contributed by atoms with Crippen LogP contribution >= 0.6 is 15.9 Å². The zero-order chi connectivity index (χ0) is 21.3. The smallest absolute Gasteiger partial charge is 0.252 e. The number of sulfonamides is 1. The van der Waals surface area contributed by atoms with Crippen LogP contribution in [0.4, 0.5) is 0 Å². The van der Waals surface area contributed by atoms with Crippen molar-refractivity contribution in [2.24, 2.45) is 0 Å². The first-order valence-corrected chi connectivity index (χ1v) is 12.4. The Morgan fingerprint density at radius 2 is 1.90 bits per heavy atom. The van der Waals surface area contributed by atoms with E-state index in [1.165, 1.54) is 10.4 Å². The topological polar surface area (TPSA) is 75.7 Å². The third kappa shape index (κ3) is 4.26. The maximum Gasteiger partial charge on any atom is 0.252 e. The number of rotatable bonds is 4. The summed E-state index contributed by atoms with van der Waals surface area (Å²) in [5.74, 6) is 0.480. The Labute approximate surface area is 185 Å². The van der Waals surface area contributed by atoms with Crippen molar-refractivity contribution in [1.29, 1.82) is 0 Å². The number of hydrogen-bond acceptors (Lipinski definition) is 4. The largest absolute Gasteiger partial charge is 0.493 e. The van der Waals surface area contributed by atoms with Crippen molar-refractivity contribution in [3.63, 3.8) is 0 Å². The predicted octanol–water partition coefficient (Wildman–Crippen LogP) is 4.19. The van der Waals surface area contributed by atoms with E-state index in [-0.39, 0.29) is 16.8 Å². The van der Waals surface area contributed by atoms with Crippen molar-refractivity contribution in [2.75, 3.05) is 19.7 Å². The van der Waals surface area contributed by atoms with Crippen LogP contribution in [0.25, 0.3) is 0 Å². The molecule has 0 bridgehead atoms. The highest BCUT2D eigenvalue weighted by atomic mass is 79.9. The van der Waals surface area contributed by atoms with Crippen LogP contribution in [0, 0.1) is 6.92 Å². The van der Waals surface area contributed by atoms with Gasteiger partial charge in [-0.25, -0.2) is 8.42 Å². The molecule has 1 fully saturated rings. The van der Waals surface area contributed by atoms with E-state index in [0.29, 0.717) is 31.7 Å². The molecule has 1 unspecified atom stereocenters. The molecule has 2 aliphatic heterocycles. The average molecular weight is 493 g/mol. The lowest BCUT2D eigenvalue weighted by atomic mass is 9.99. The number of hydrogen-bond donors (Lipinski definition) is 1. The second-order valence-corrected chi connectivity index (χ2v) is 10.6. The van der Waals surface area contributed by atoms with Crippen LogP contribution in [-0.4, -0.2) is 38.3 Å². The number of aryl methyl sites for hydroxylation is 1. The molecular formula is C22H25BrN2O4S. The summed E-state index contributed by atoms with van der Waals surface area (Å²) in [4.78, 5) is 13.3. The van der Waals surface area contributed by atoms with E-state index in [4.69, 9.17) is 4.74 Å². The molecule has 1 saturated heterocycles. The van der Waals surface area contributed by atoms with E-state index in [1.54, 1.807) is 12.1 Å². The van der Waals surface area contributed by atoms with Crippen LogP contribution in [0.5, 0.6) is 5.75 Å². The van der Waals surface area contributed by atoms with Gasteiger partial charge in [0.2, 0.25) is 10.0 Å². The number of benzene rings is 2. The minimum Gasteiger partial charge on any atom is -0.493 e. The molecule has 30 heavy (non-hydrogen) atoms. The minimum atomic E-state index is -3.60. The molecule has 2 aromatic rings. The number of fused-ring (bicyclic) bond motifs is 1. The van der Waals surface area contributed by atoms with E-state index in [9.17, 15) is 13.2 Å². The van der Waals surface area contributed by atoms with Gasteiger partial charge in [-0.2, -0.15) is 4.31 Å². The molecular weight excluding hydrogens is 468 g/mol. The summed E-state index contributed by atoms with van der Waals surface area (Å²) < 4.78 is 34.2. The predicted molar refractivity (Wildman–Crippen MR) is 118 cm³/mol. The van der Waals surface area contributed by atoms with Gasteiger partial charge in [-0.1, -0.05) is 28.4 Å². The van der Waals surface area contributed by atoms with Crippen molar-refractivity contribution in [3.05, 3.63) is 57.6 Å². The normalized spacial score (nSPS) is 19.6. The average Bonchev–Trinajstić information content (AvgIpc) is 2.75. The number of carbonyl (C=O) groups excluding carboxylic acids is 1. The van der Waals surface area contributed by atoms with Crippen LogP contribution < -0.4 is 10.1 Å². The number of halogens is 1.